The molecule has 2 atom stereocenters. The molecule has 0 saturated carbocycles. The summed E-state index contributed by atoms with van der Waals surface area (Å²) in [7, 11) is 5.63. The number of nitrogens with zero attached hydrogens (tertiary/aromatic N) is 3. The molecule has 0 spiro atoms. The number of esters is 1. The van der Waals surface area contributed by atoms with E-state index >= 15 is 0 Å². The highest BCUT2D eigenvalue weighted by molar-refractivity contribution is 8.01. The van der Waals surface area contributed by atoms with Gasteiger partial charge in [-0.3, -0.25) is 9.59 Å². The summed E-state index contributed by atoms with van der Waals surface area (Å²) in [6.07, 6.45) is 1.20. The molecule has 0 aromatic heterocycles. The van der Waals surface area contributed by atoms with Gasteiger partial charge in [0, 0.05) is 45.5 Å². The third kappa shape index (κ3) is 4.11. The van der Waals surface area contributed by atoms with Gasteiger partial charge in [0.1, 0.15) is 6.04 Å². The fourth-order valence-electron chi connectivity index (χ4n) is 3.60. The molecule has 2 aliphatic rings. The first-order valence-electron chi connectivity index (χ1n) is 9.34. The molecule has 2 fully saturated rings. The van der Waals surface area contributed by atoms with Gasteiger partial charge in [0.05, 0.1) is 4.87 Å². The van der Waals surface area contributed by atoms with Crippen LogP contribution in [0, 0.1) is 0 Å². The number of fused-ring (bicyclic) bond motifs is 1. The van der Waals surface area contributed by atoms with E-state index in [1.165, 1.54) is 4.90 Å². The van der Waals surface area contributed by atoms with Crippen LogP contribution in [0.2, 0.25) is 0 Å². The minimum absolute atomic E-state index is 0.0148. The lowest BCUT2D eigenvalue weighted by Crippen LogP contribution is -2.47. The second-order valence-electron chi connectivity index (χ2n) is 7.68. The zero-order valence-electron chi connectivity index (χ0n) is 16.8. The standard InChI is InChI=1S/C20H27N3O4S/c1-20-10-9-17(24)23(20)16(13-28-20)19(26)27-12-18(25)22(4)11-14-5-7-15(8-6-14)21(2)3/h5-8,16H,9-13H2,1-4H3/t16-,20+/m0/s1. The van der Waals surface area contributed by atoms with E-state index in [1.54, 1.807) is 23.7 Å². The number of ether oxygens (including phenoxy) is 1. The number of hydrogen-bond acceptors (Lipinski definition) is 6. The minimum Gasteiger partial charge on any atom is -0.454 e. The van der Waals surface area contributed by atoms with Crippen molar-refractivity contribution in [1.29, 1.82) is 0 Å². The van der Waals surface area contributed by atoms with Crippen LogP contribution in [0.15, 0.2) is 24.3 Å². The molecule has 1 aromatic carbocycles. The third-order valence-electron chi connectivity index (χ3n) is 5.35. The molecule has 0 radical (unpaired) electrons. The van der Waals surface area contributed by atoms with Gasteiger partial charge in [0.15, 0.2) is 6.61 Å². The Hall–Kier alpha value is -2.22. The largest absolute Gasteiger partial charge is 0.454 e. The van der Waals surface area contributed by atoms with Crippen LogP contribution in [0.3, 0.4) is 0 Å². The van der Waals surface area contributed by atoms with Crippen molar-refractivity contribution >= 4 is 35.2 Å². The summed E-state index contributed by atoms with van der Waals surface area (Å²) >= 11 is 1.61. The SMILES string of the molecule is CN(Cc1ccc(N(C)C)cc1)C(=O)COC(=O)[C@@H]1CS[C@]2(C)CCC(=O)N12. The predicted octanol–water partition coefficient (Wildman–Crippen LogP) is 1.71. The van der Waals surface area contributed by atoms with Crippen molar-refractivity contribution in [2.75, 3.05) is 38.4 Å². The zero-order valence-corrected chi connectivity index (χ0v) is 17.6. The van der Waals surface area contributed by atoms with Gasteiger partial charge in [-0.25, -0.2) is 4.79 Å². The molecule has 8 heteroatoms. The zero-order chi connectivity index (χ0) is 20.5. The van der Waals surface area contributed by atoms with Crippen LogP contribution in [-0.4, -0.2) is 72.0 Å². The molecule has 3 rings (SSSR count). The maximum Gasteiger partial charge on any atom is 0.330 e. The van der Waals surface area contributed by atoms with Crippen molar-refractivity contribution in [2.24, 2.45) is 0 Å². The van der Waals surface area contributed by atoms with Gasteiger partial charge >= 0.3 is 5.97 Å². The highest BCUT2D eigenvalue weighted by Crippen LogP contribution is 2.47. The highest BCUT2D eigenvalue weighted by atomic mass is 32.2. The normalized spacial score (nSPS) is 23.5. The predicted molar refractivity (Wildman–Crippen MR) is 109 cm³/mol. The van der Waals surface area contributed by atoms with Gasteiger partial charge in [-0.15, -0.1) is 11.8 Å². The van der Waals surface area contributed by atoms with E-state index in [4.69, 9.17) is 4.74 Å². The Morgan fingerprint density at radius 1 is 1.25 bits per heavy atom. The lowest BCUT2D eigenvalue weighted by atomic mass is 10.2. The maximum absolute atomic E-state index is 12.5. The van der Waals surface area contributed by atoms with E-state index in [0.717, 1.165) is 17.7 Å². The van der Waals surface area contributed by atoms with Crippen molar-refractivity contribution in [3.8, 4) is 0 Å². The van der Waals surface area contributed by atoms with Gasteiger partial charge in [-0.1, -0.05) is 12.1 Å². The summed E-state index contributed by atoms with van der Waals surface area (Å²) in [6.45, 7) is 2.10. The molecular formula is C20H27N3O4S. The van der Waals surface area contributed by atoms with E-state index in [1.807, 2.05) is 50.2 Å². The summed E-state index contributed by atoms with van der Waals surface area (Å²) in [4.78, 5) is 41.8. The van der Waals surface area contributed by atoms with E-state index in [9.17, 15) is 14.4 Å². The Labute approximate surface area is 170 Å². The van der Waals surface area contributed by atoms with Gasteiger partial charge in [-0.2, -0.15) is 0 Å². The van der Waals surface area contributed by atoms with E-state index in [0.29, 0.717) is 18.7 Å². The molecule has 2 saturated heterocycles. The summed E-state index contributed by atoms with van der Waals surface area (Å²) < 4.78 is 5.25. The average molecular weight is 406 g/mol. The highest BCUT2D eigenvalue weighted by Gasteiger charge is 2.53. The Bertz CT molecular complexity index is 767. The van der Waals surface area contributed by atoms with Crippen molar-refractivity contribution in [3.05, 3.63) is 29.8 Å². The molecule has 28 heavy (non-hydrogen) atoms. The van der Waals surface area contributed by atoms with E-state index < -0.39 is 12.0 Å². The Morgan fingerprint density at radius 3 is 2.57 bits per heavy atom. The van der Waals surface area contributed by atoms with Crippen LogP contribution in [0.1, 0.15) is 25.3 Å². The number of benzene rings is 1. The molecule has 152 valence electrons. The fraction of sp³-hybridized carbons (Fsp3) is 0.550. The lowest BCUT2D eigenvalue weighted by molar-refractivity contribution is -0.158. The van der Waals surface area contributed by atoms with Gasteiger partial charge < -0.3 is 19.4 Å². The van der Waals surface area contributed by atoms with Gasteiger partial charge in [0.25, 0.3) is 5.91 Å². The number of hydrogen-bond donors (Lipinski definition) is 0. The van der Waals surface area contributed by atoms with Crippen molar-refractivity contribution in [2.45, 2.75) is 37.2 Å². The fourth-order valence-corrected chi connectivity index (χ4v) is 5.01. The summed E-state index contributed by atoms with van der Waals surface area (Å²) in [5.41, 5.74) is 2.09. The van der Waals surface area contributed by atoms with Crippen molar-refractivity contribution in [1.82, 2.24) is 9.80 Å². The molecule has 0 unspecified atom stereocenters. The Morgan fingerprint density at radius 2 is 1.93 bits per heavy atom. The number of carbonyl (C=O) groups is 3. The second kappa shape index (κ2) is 8.03. The maximum atomic E-state index is 12.5. The summed E-state index contributed by atoms with van der Waals surface area (Å²) in [6, 6.07) is 7.34. The van der Waals surface area contributed by atoms with Crippen LogP contribution in [0.4, 0.5) is 5.69 Å². The van der Waals surface area contributed by atoms with Crippen LogP contribution >= 0.6 is 11.8 Å². The third-order valence-corrected chi connectivity index (χ3v) is 6.86. The molecule has 0 N–H and O–H groups in total. The first kappa shape index (κ1) is 20.5. The van der Waals surface area contributed by atoms with Crippen LogP contribution in [0.25, 0.3) is 0 Å². The topological polar surface area (TPSA) is 70.2 Å². The Balaban J connectivity index is 1.50. The number of likely N-dealkylation sites (N-methyl/N-ethyl adjacent to an activating group) is 1. The number of anilines is 1. The minimum atomic E-state index is -0.596. The van der Waals surface area contributed by atoms with Crippen molar-refractivity contribution < 1.29 is 19.1 Å². The van der Waals surface area contributed by atoms with E-state index in [-0.39, 0.29) is 23.3 Å². The summed E-state index contributed by atoms with van der Waals surface area (Å²) in [5, 5.41) is 0. The smallest absolute Gasteiger partial charge is 0.330 e. The molecule has 0 bridgehead atoms. The average Bonchev–Trinajstić information content (AvgIpc) is 3.15. The van der Waals surface area contributed by atoms with E-state index in [2.05, 4.69) is 0 Å². The first-order chi connectivity index (χ1) is 13.2. The number of thioether (sulfide) groups is 1. The number of rotatable bonds is 6. The van der Waals surface area contributed by atoms with Crippen molar-refractivity contribution in [3.63, 3.8) is 0 Å². The summed E-state index contributed by atoms with van der Waals surface area (Å²) in [5.74, 6) is -0.266. The second-order valence-corrected chi connectivity index (χ2v) is 9.19. The van der Waals surface area contributed by atoms with Crippen LogP contribution in [-0.2, 0) is 25.7 Å². The molecular weight excluding hydrogens is 378 g/mol. The number of carbonyl (C=O) groups excluding carboxylic acids is 3. The molecule has 7 nitrogen and oxygen atoms in total. The van der Waals surface area contributed by atoms with Crippen LogP contribution in [0.5, 0.6) is 0 Å². The number of amides is 2. The van der Waals surface area contributed by atoms with Gasteiger partial charge in [-0.05, 0) is 31.0 Å². The Kier molecular flexibility index (Phi) is 5.88. The van der Waals surface area contributed by atoms with Crippen LogP contribution < -0.4 is 4.90 Å². The molecule has 2 amide bonds. The first-order valence-corrected chi connectivity index (χ1v) is 10.3. The quantitative estimate of drug-likeness (QED) is 0.671. The molecule has 2 heterocycles. The molecule has 2 aliphatic heterocycles. The van der Waals surface area contributed by atoms with Gasteiger partial charge in [0.2, 0.25) is 5.91 Å². The molecule has 0 aliphatic carbocycles. The lowest BCUT2D eigenvalue weighted by Gasteiger charge is -2.29. The monoisotopic (exact) mass is 405 g/mol. The molecule has 1 aromatic rings.